The average Bonchev–Trinajstić information content (AvgIpc) is 1.97. The van der Waals surface area contributed by atoms with Crippen LogP contribution in [0.3, 0.4) is 0 Å². The quantitative estimate of drug-likeness (QED) is 0.463. The molecule has 0 saturated carbocycles. The van der Waals surface area contributed by atoms with Crippen molar-refractivity contribution in [3.63, 3.8) is 0 Å². The van der Waals surface area contributed by atoms with E-state index in [0.717, 1.165) is 12.8 Å². The van der Waals surface area contributed by atoms with Crippen molar-refractivity contribution in [1.82, 2.24) is 0 Å². The van der Waals surface area contributed by atoms with Crippen LogP contribution in [0.15, 0.2) is 12.2 Å². The molecule has 0 fully saturated rings. The number of allylic oxidation sites excluding steroid dienone is 2. The first kappa shape index (κ1) is 10.4. The van der Waals surface area contributed by atoms with Gasteiger partial charge in [0.15, 0.2) is 0 Å². The molecule has 1 unspecified atom stereocenters. The fourth-order valence-electron chi connectivity index (χ4n) is 1.10. The molecule has 0 aromatic heterocycles. The molecular formula is C10H19N. The molecule has 0 aromatic rings. The second-order valence-electron chi connectivity index (χ2n) is 3.25. The second kappa shape index (κ2) is 6.14. The number of hydrogen-bond acceptors (Lipinski definition) is 1. The predicted octanol–water partition coefficient (Wildman–Crippen LogP) is 3.26. The molecule has 1 atom stereocenters. The Morgan fingerprint density at radius 3 is 2.27 bits per heavy atom. The molecule has 0 radical (unpaired) electrons. The maximum Gasteiger partial charge on any atom is -0.00448 e. The SMILES string of the molecule is C/C=C\CC(CC=N)C(C)C. The summed E-state index contributed by atoms with van der Waals surface area (Å²) in [6.07, 6.45) is 7.83. The van der Waals surface area contributed by atoms with Crippen molar-refractivity contribution in [2.45, 2.75) is 33.6 Å². The Labute approximate surface area is 70.0 Å². The molecule has 11 heavy (non-hydrogen) atoms. The summed E-state index contributed by atoms with van der Waals surface area (Å²) >= 11 is 0. The lowest BCUT2D eigenvalue weighted by atomic mass is 9.90. The van der Waals surface area contributed by atoms with Gasteiger partial charge < -0.3 is 5.41 Å². The van der Waals surface area contributed by atoms with Gasteiger partial charge in [0.1, 0.15) is 0 Å². The normalized spacial score (nSPS) is 14.2. The smallest absolute Gasteiger partial charge is 0.00448 e. The van der Waals surface area contributed by atoms with E-state index in [4.69, 9.17) is 5.41 Å². The minimum Gasteiger partial charge on any atom is -0.313 e. The standard InChI is InChI=1S/C10H19N/c1-4-5-6-10(7-8-11)9(2)3/h4-5,8-11H,6-7H2,1-3H3/b5-4-,11-8?. The molecule has 0 aliphatic heterocycles. The van der Waals surface area contributed by atoms with Crippen molar-refractivity contribution in [3.05, 3.63) is 12.2 Å². The van der Waals surface area contributed by atoms with Crippen LogP contribution in [-0.2, 0) is 0 Å². The maximum atomic E-state index is 7.01. The van der Waals surface area contributed by atoms with Crippen LogP contribution in [0.5, 0.6) is 0 Å². The van der Waals surface area contributed by atoms with Gasteiger partial charge >= 0.3 is 0 Å². The number of nitrogens with one attached hydrogen (secondary N) is 1. The van der Waals surface area contributed by atoms with Crippen LogP contribution in [0.4, 0.5) is 0 Å². The van der Waals surface area contributed by atoms with Crippen LogP contribution in [0, 0.1) is 17.2 Å². The number of rotatable bonds is 5. The van der Waals surface area contributed by atoms with Gasteiger partial charge in [0.2, 0.25) is 0 Å². The van der Waals surface area contributed by atoms with Gasteiger partial charge in [-0.15, -0.1) is 0 Å². The zero-order chi connectivity index (χ0) is 8.69. The van der Waals surface area contributed by atoms with Gasteiger partial charge in [-0.05, 0) is 37.8 Å². The van der Waals surface area contributed by atoms with E-state index < -0.39 is 0 Å². The van der Waals surface area contributed by atoms with E-state index >= 15 is 0 Å². The summed E-state index contributed by atoms with van der Waals surface area (Å²) in [6.45, 7) is 6.48. The lowest BCUT2D eigenvalue weighted by molar-refractivity contribution is 0.403. The van der Waals surface area contributed by atoms with Crippen molar-refractivity contribution >= 4 is 6.21 Å². The summed E-state index contributed by atoms with van der Waals surface area (Å²) in [7, 11) is 0. The lowest BCUT2D eigenvalue weighted by Crippen LogP contribution is -2.07. The second-order valence-corrected chi connectivity index (χ2v) is 3.25. The van der Waals surface area contributed by atoms with E-state index in [-0.39, 0.29) is 0 Å². The molecule has 64 valence electrons. The molecule has 0 aromatic carbocycles. The third kappa shape index (κ3) is 4.77. The molecule has 1 heteroatoms. The summed E-state index contributed by atoms with van der Waals surface area (Å²) in [4.78, 5) is 0. The van der Waals surface area contributed by atoms with Crippen molar-refractivity contribution in [1.29, 1.82) is 5.41 Å². The van der Waals surface area contributed by atoms with Gasteiger partial charge in [-0.25, -0.2) is 0 Å². The van der Waals surface area contributed by atoms with E-state index in [0.29, 0.717) is 11.8 Å². The zero-order valence-corrected chi connectivity index (χ0v) is 7.80. The Morgan fingerprint density at radius 1 is 1.27 bits per heavy atom. The van der Waals surface area contributed by atoms with Crippen molar-refractivity contribution in [2.24, 2.45) is 11.8 Å². The monoisotopic (exact) mass is 153 g/mol. The van der Waals surface area contributed by atoms with Crippen LogP contribution >= 0.6 is 0 Å². The summed E-state index contributed by atoms with van der Waals surface area (Å²) in [6, 6.07) is 0. The summed E-state index contributed by atoms with van der Waals surface area (Å²) < 4.78 is 0. The van der Waals surface area contributed by atoms with Gasteiger partial charge in [0.25, 0.3) is 0 Å². The predicted molar refractivity (Wildman–Crippen MR) is 51.2 cm³/mol. The van der Waals surface area contributed by atoms with Gasteiger partial charge in [-0.2, -0.15) is 0 Å². The highest BCUT2D eigenvalue weighted by Crippen LogP contribution is 2.18. The Balaban J connectivity index is 3.78. The largest absolute Gasteiger partial charge is 0.313 e. The van der Waals surface area contributed by atoms with Gasteiger partial charge in [0, 0.05) is 0 Å². The maximum absolute atomic E-state index is 7.01. The first-order valence-corrected chi connectivity index (χ1v) is 4.32. The minimum atomic E-state index is 0.656. The molecule has 0 amide bonds. The first-order valence-electron chi connectivity index (χ1n) is 4.32. The molecule has 1 N–H and O–H groups in total. The van der Waals surface area contributed by atoms with Crippen LogP contribution in [0.1, 0.15) is 33.6 Å². The van der Waals surface area contributed by atoms with E-state index in [1.165, 1.54) is 6.21 Å². The van der Waals surface area contributed by atoms with E-state index in [1.54, 1.807) is 0 Å². The fraction of sp³-hybridized carbons (Fsp3) is 0.700. The summed E-state index contributed by atoms with van der Waals surface area (Å²) in [5.74, 6) is 1.34. The van der Waals surface area contributed by atoms with Crippen molar-refractivity contribution in [3.8, 4) is 0 Å². The molecule has 0 spiro atoms. The molecule has 0 heterocycles. The highest BCUT2D eigenvalue weighted by atomic mass is 14.3. The van der Waals surface area contributed by atoms with E-state index in [1.807, 2.05) is 6.92 Å². The zero-order valence-electron chi connectivity index (χ0n) is 7.80. The molecule has 0 rings (SSSR count). The van der Waals surface area contributed by atoms with Gasteiger partial charge in [-0.3, -0.25) is 0 Å². The molecule has 0 aliphatic carbocycles. The molecule has 0 aliphatic rings. The topological polar surface area (TPSA) is 23.9 Å². The van der Waals surface area contributed by atoms with Crippen LogP contribution in [-0.4, -0.2) is 6.21 Å². The fourth-order valence-corrected chi connectivity index (χ4v) is 1.10. The third-order valence-electron chi connectivity index (χ3n) is 2.04. The van der Waals surface area contributed by atoms with Crippen molar-refractivity contribution < 1.29 is 0 Å². The first-order chi connectivity index (χ1) is 5.22. The van der Waals surface area contributed by atoms with Crippen LogP contribution < -0.4 is 0 Å². The molecule has 1 nitrogen and oxygen atoms in total. The Hall–Kier alpha value is -0.590. The van der Waals surface area contributed by atoms with Crippen LogP contribution in [0.2, 0.25) is 0 Å². The number of hydrogen-bond donors (Lipinski definition) is 1. The van der Waals surface area contributed by atoms with Gasteiger partial charge in [-0.1, -0.05) is 26.0 Å². The molecule has 0 bridgehead atoms. The lowest BCUT2D eigenvalue weighted by Gasteiger charge is -2.16. The van der Waals surface area contributed by atoms with Crippen molar-refractivity contribution in [2.75, 3.05) is 0 Å². The molecule has 0 saturated heterocycles. The summed E-state index contributed by atoms with van der Waals surface area (Å²) in [5.41, 5.74) is 0. The molecular weight excluding hydrogens is 134 g/mol. The third-order valence-corrected chi connectivity index (χ3v) is 2.04. The van der Waals surface area contributed by atoms with Gasteiger partial charge in [0.05, 0.1) is 0 Å². The Kier molecular flexibility index (Phi) is 5.81. The Bertz CT molecular complexity index is 125. The Morgan fingerprint density at radius 2 is 1.91 bits per heavy atom. The van der Waals surface area contributed by atoms with E-state index in [2.05, 4.69) is 26.0 Å². The highest BCUT2D eigenvalue weighted by Gasteiger charge is 2.09. The minimum absolute atomic E-state index is 0.656. The van der Waals surface area contributed by atoms with Crippen LogP contribution in [0.25, 0.3) is 0 Å². The van der Waals surface area contributed by atoms with E-state index in [9.17, 15) is 0 Å². The average molecular weight is 153 g/mol. The summed E-state index contributed by atoms with van der Waals surface area (Å²) in [5, 5.41) is 7.01. The highest BCUT2D eigenvalue weighted by molar-refractivity contribution is 5.53.